The molecule has 0 saturated carbocycles. The standard InChI is InChI=1S/F3HSi/c1-4(2)3/h4H/i4D. The highest BCUT2D eigenvalue weighted by molar-refractivity contribution is 6.33. The quantitative estimate of drug-likeness (QED) is 0.300. The molecule has 0 rings (SSSR count). The Labute approximate surface area is 24.6 Å². The van der Waals surface area contributed by atoms with Gasteiger partial charge >= 0.3 is 9.73 Å². The van der Waals surface area contributed by atoms with E-state index in [1.165, 1.54) is 0 Å². The van der Waals surface area contributed by atoms with E-state index in [1.54, 1.807) is 0 Å². The maximum absolute atomic E-state index is 10.2. The molecule has 0 bridgehead atoms. The summed E-state index contributed by atoms with van der Waals surface area (Å²) in [7, 11) is -5.86. The average Bonchev–Trinajstić information content (AvgIpc) is 0.722. The van der Waals surface area contributed by atoms with E-state index in [0.29, 0.717) is 0 Å². The van der Waals surface area contributed by atoms with E-state index in [1.807, 2.05) is 0 Å². The third-order valence-electron chi connectivity index (χ3n) is 0. The molecule has 0 heterocycles. The summed E-state index contributed by atoms with van der Waals surface area (Å²) in [4.78, 5) is 0. The van der Waals surface area contributed by atoms with Crippen LogP contribution in [0.5, 0.6) is 0 Å². The SMILES string of the molecule is [2H][Si](F)(F)F. The van der Waals surface area contributed by atoms with Crippen molar-refractivity contribution in [2.75, 3.05) is 0 Å². The van der Waals surface area contributed by atoms with Gasteiger partial charge in [0.2, 0.25) is 0 Å². The van der Waals surface area contributed by atoms with Gasteiger partial charge in [0.15, 0.2) is 0 Å². The van der Waals surface area contributed by atoms with E-state index < -0.39 is 9.73 Å². The Kier molecular flexibility index (Phi) is 0.756. The zero-order valence-electron chi connectivity index (χ0n) is 2.63. The van der Waals surface area contributed by atoms with Gasteiger partial charge in [-0.25, -0.2) is 12.3 Å². The van der Waals surface area contributed by atoms with Crippen LogP contribution in [0.15, 0.2) is 0 Å². The Balaban J connectivity index is 3.02. The average molecular weight is 87.1 g/mol. The summed E-state index contributed by atoms with van der Waals surface area (Å²) in [6.45, 7) is 0. The van der Waals surface area contributed by atoms with E-state index >= 15 is 0 Å². The monoisotopic (exact) mass is 87.0 g/mol. The number of hydrogen-bond acceptors (Lipinski definition) is 0. The van der Waals surface area contributed by atoms with Crippen LogP contribution < -0.4 is 0 Å². The van der Waals surface area contributed by atoms with E-state index in [-0.39, 0.29) is 0 Å². The molecule has 4 heteroatoms. The van der Waals surface area contributed by atoms with Crippen molar-refractivity contribution in [3.8, 4) is 0 Å². The molecule has 0 N–H and O–H groups in total. The summed E-state index contributed by atoms with van der Waals surface area (Å²) in [6, 6.07) is 0. The molecule has 0 aliphatic carbocycles. The minimum Gasteiger partial charge on any atom is -0.240 e. The highest BCUT2D eigenvalue weighted by Crippen LogP contribution is 1.80. The summed E-state index contributed by atoms with van der Waals surface area (Å²) in [5.41, 5.74) is 0. The fourth-order valence-electron chi connectivity index (χ4n) is 0. The van der Waals surface area contributed by atoms with Crippen molar-refractivity contribution in [3.63, 3.8) is 0 Å². The lowest BCUT2D eigenvalue weighted by molar-refractivity contribution is 0.535. The Morgan fingerprint density at radius 2 is 1.50 bits per heavy atom. The van der Waals surface area contributed by atoms with Crippen LogP contribution in [0.25, 0.3) is 0 Å². The largest absolute Gasteiger partial charge is 0.599 e. The Bertz CT molecular complexity index is 22.4. The molecule has 0 aliphatic heterocycles. The Morgan fingerprint density at radius 3 is 1.50 bits per heavy atom. The molecule has 0 fully saturated rings. The van der Waals surface area contributed by atoms with E-state index in [0.717, 1.165) is 0 Å². The van der Waals surface area contributed by atoms with Crippen molar-refractivity contribution in [1.29, 1.82) is 1.23 Å². The molecular weight excluding hydrogens is 85.1 g/mol. The van der Waals surface area contributed by atoms with Crippen LogP contribution in [0.1, 0.15) is 0 Å². The predicted octanol–water partition coefficient (Wildman–Crippen LogP) is 0.612. The molecule has 26 valence electrons. The molecule has 0 spiro atoms. The minimum atomic E-state index is -5.86. The van der Waals surface area contributed by atoms with Gasteiger partial charge in [0, 0.05) is 0 Å². The number of hydrogen-bond donors (Lipinski definition) is 0. The van der Waals surface area contributed by atoms with Crippen LogP contribution in [0, 0.1) is 0 Å². The van der Waals surface area contributed by atoms with Crippen molar-refractivity contribution in [2.45, 2.75) is 0 Å². The summed E-state index contributed by atoms with van der Waals surface area (Å²) in [5, 5.41) is 0. The topological polar surface area (TPSA) is 0 Å². The Hall–Kier alpha value is 0.00688. The van der Waals surface area contributed by atoms with Gasteiger partial charge in [0.05, 0.1) is 0 Å². The van der Waals surface area contributed by atoms with Crippen molar-refractivity contribution in [2.24, 2.45) is 0 Å². The molecule has 0 amide bonds. The summed E-state index contributed by atoms with van der Waals surface area (Å²) >= 11 is 0. The van der Waals surface area contributed by atoms with Crippen LogP contribution in [-0.2, 0) is 0 Å². The summed E-state index contributed by atoms with van der Waals surface area (Å²) in [6.07, 6.45) is 0. The van der Waals surface area contributed by atoms with Crippen molar-refractivity contribution >= 4 is 9.73 Å². The molecule has 0 radical (unpaired) electrons. The van der Waals surface area contributed by atoms with Crippen LogP contribution in [0.3, 0.4) is 0 Å². The van der Waals surface area contributed by atoms with Crippen molar-refractivity contribution in [1.82, 2.24) is 0 Å². The number of rotatable bonds is 0. The first-order valence-electron chi connectivity index (χ1n) is 1.07. The van der Waals surface area contributed by atoms with Gasteiger partial charge in [-0.3, -0.25) is 0 Å². The van der Waals surface area contributed by atoms with Crippen LogP contribution >= 0.6 is 0 Å². The Morgan fingerprint density at radius 1 is 1.50 bits per heavy atom. The molecule has 0 aromatic heterocycles. The fourth-order valence-corrected chi connectivity index (χ4v) is 0. The molecule has 0 aromatic rings. The minimum absolute atomic E-state index is 5.08. The molecule has 0 unspecified atom stereocenters. The molecule has 0 saturated heterocycles. The second-order valence-electron chi connectivity index (χ2n) is 0.214. The van der Waals surface area contributed by atoms with Crippen LogP contribution in [-0.4, -0.2) is 11.0 Å². The van der Waals surface area contributed by atoms with Gasteiger partial charge in [-0.1, -0.05) is 0 Å². The lowest BCUT2D eigenvalue weighted by Crippen LogP contribution is -1.76. The van der Waals surface area contributed by atoms with E-state index in [9.17, 15) is 12.3 Å². The normalized spacial score (nSPS) is 15.2. The molecule has 0 aliphatic rings. The van der Waals surface area contributed by atoms with E-state index in [4.69, 9.17) is 1.23 Å². The smallest absolute Gasteiger partial charge is 0.240 e. The van der Waals surface area contributed by atoms with Crippen LogP contribution in [0.4, 0.5) is 12.3 Å². The number of halogens is 3. The maximum Gasteiger partial charge on any atom is 0.599 e. The van der Waals surface area contributed by atoms with Crippen molar-refractivity contribution < 1.29 is 12.3 Å². The van der Waals surface area contributed by atoms with Gasteiger partial charge in [-0.15, -0.1) is 0 Å². The lowest BCUT2D eigenvalue weighted by atomic mass is 18.7. The molecule has 4 heavy (non-hydrogen) atoms. The molecule has 0 atom stereocenters. The molecule has 0 nitrogen and oxygen atoms in total. The predicted molar refractivity (Wildman–Crippen MR) is 10.5 cm³/mol. The van der Waals surface area contributed by atoms with Gasteiger partial charge in [-0.2, -0.15) is 0 Å². The third kappa shape index (κ3) is 42900. The zero-order valence-corrected chi connectivity index (χ0v) is 2.63. The molecule has 0 aromatic carbocycles. The first kappa shape index (κ1) is 2.26. The third-order valence-corrected chi connectivity index (χ3v) is 0. The first-order chi connectivity index (χ1) is 2.00. The van der Waals surface area contributed by atoms with Gasteiger partial charge in [-0.05, 0) is 0 Å². The summed E-state index contributed by atoms with van der Waals surface area (Å²) in [5.74, 6) is 0. The van der Waals surface area contributed by atoms with Gasteiger partial charge in [0.25, 0.3) is 0 Å². The highest BCUT2D eigenvalue weighted by atomic mass is 28.4. The zero-order chi connectivity index (χ0) is 4.50. The van der Waals surface area contributed by atoms with E-state index in [2.05, 4.69) is 0 Å². The lowest BCUT2D eigenvalue weighted by Gasteiger charge is -1.60. The second kappa shape index (κ2) is 1.34. The van der Waals surface area contributed by atoms with Crippen molar-refractivity contribution in [3.05, 3.63) is 0 Å². The summed E-state index contributed by atoms with van der Waals surface area (Å²) < 4.78 is 35.6. The second-order valence-corrected chi connectivity index (χ2v) is 0.643. The van der Waals surface area contributed by atoms with Gasteiger partial charge < -0.3 is 0 Å². The maximum atomic E-state index is 10.2. The fraction of sp³-hybridized carbons (Fsp3) is 0. The molecular formula is HF3Si. The highest BCUT2D eigenvalue weighted by Gasteiger charge is 1.96. The van der Waals surface area contributed by atoms with Crippen LogP contribution in [0.2, 0.25) is 0 Å². The first-order valence-corrected chi connectivity index (χ1v) is 1.70. The van der Waals surface area contributed by atoms with Gasteiger partial charge in [0.1, 0.15) is 1.23 Å².